The van der Waals surface area contributed by atoms with Gasteiger partial charge in [0.15, 0.2) is 10.9 Å². The lowest BCUT2D eigenvalue weighted by atomic mass is 10.1. The Balaban J connectivity index is 1.57. The van der Waals surface area contributed by atoms with E-state index in [4.69, 9.17) is 16.3 Å². The van der Waals surface area contributed by atoms with Gasteiger partial charge in [-0.25, -0.2) is 9.79 Å². The number of benzene rings is 3. The molecule has 0 aromatic heterocycles. The monoisotopic (exact) mass is 570 g/mol. The summed E-state index contributed by atoms with van der Waals surface area (Å²) in [5.41, 5.74) is 2.96. The number of ether oxygens (including phenoxy) is 1. The largest absolute Gasteiger partial charge is 0.486 e. The first-order valence-corrected chi connectivity index (χ1v) is 12.5. The molecule has 3 aromatic carbocycles. The van der Waals surface area contributed by atoms with E-state index in [1.54, 1.807) is 38.2 Å². The van der Waals surface area contributed by atoms with Gasteiger partial charge in [0.1, 0.15) is 6.61 Å². The van der Waals surface area contributed by atoms with E-state index < -0.39 is 5.97 Å². The van der Waals surface area contributed by atoms with Crippen LogP contribution in [0.1, 0.15) is 27.0 Å². The van der Waals surface area contributed by atoms with E-state index >= 15 is 0 Å². The van der Waals surface area contributed by atoms with Gasteiger partial charge in [0.2, 0.25) is 0 Å². The van der Waals surface area contributed by atoms with E-state index in [9.17, 15) is 14.7 Å². The predicted molar refractivity (Wildman–Crippen MR) is 143 cm³/mol. The molecule has 1 aliphatic heterocycles. The highest BCUT2D eigenvalue weighted by atomic mass is 79.9. The smallest absolute Gasteiger partial charge is 0.336 e. The number of carboxylic acids is 1. The second kappa shape index (κ2) is 10.7. The van der Waals surface area contributed by atoms with Crippen molar-refractivity contribution in [2.45, 2.75) is 13.5 Å². The molecule has 4 rings (SSSR count). The highest BCUT2D eigenvalue weighted by molar-refractivity contribution is 9.10. The molecule has 0 aliphatic carbocycles. The van der Waals surface area contributed by atoms with Crippen LogP contribution in [0.5, 0.6) is 5.75 Å². The number of amides is 1. The van der Waals surface area contributed by atoms with E-state index in [2.05, 4.69) is 20.9 Å². The van der Waals surface area contributed by atoms with Crippen LogP contribution in [0.2, 0.25) is 5.02 Å². The minimum Gasteiger partial charge on any atom is -0.486 e. The zero-order valence-corrected chi connectivity index (χ0v) is 21.9. The van der Waals surface area contributed by atoms with Crippen molar-refractivity contribution in [3.8, 4) is 5.75 Å². The van der Waals surface area contributed by atoms with Gasteiger partial charge in [-0.1, -0.05) is 48.0 Å². The molecule has 3 aromatic rings. The molecule has 0 bridgehead atoms. The number of nitrogens with zero attached hydrogens (tertiary/aromatic N) is 2. The predicted octanol–water partition coefficient (Wildman–Crippen LogP) is 6.92. The lowest BCUT2D eigenvalue weighted by molar-refractivity contribution is -0.121. The minimum absolute atomic E-state index is 0.175. The summed E-state index contributed by atoms with van der Waals surface area (Å²) in [5, 5.41) is 10.2. The first-order chi connectivity index (χ1) is 16.7. The average Bonchev–Trinajstić information content (AvgIpc) is 3.08. The summed E-state index contributed by atoms with van der Waals surface area (Å²) in [6.07, 6.45) is 1.74. The van der Waals surface area contributed by atoms with Gasteiger partial charge in [-0.3, -0.25) is 9.69 Å². The van der Waals surface area contributed by atoms with Crippen LogP contribution in [0.4, 0.5) is 5.69 Å². The maximum Gasteiger partial charge on any atom is 0.336 e. The second-order valence-electron chi connectivity index (χ2n) is 7.71. The second-order valence-corrected chi connectivity index (χ2v) is 9.98. The Morgan fingerprint density at radius 1 is 1.20 bits per heavy atom. The van der Waals surface area contributed by atoms with Crippen LogP contribution in [0.25, 0.3) is 6.08 Å². The van der Waals surface area contributed by atoms with Gasteiger partial charge in [0, 0.05) is 7.05 Å². The average molecular weight is 572 g/mol. The van der Waals surface area contributed by atoms with Crippen LogP contribution in [-0.2, 0) is 11.4 Å². The fourth-order valence-corrected chi connectivity index (χ4v) is 5.38. The van der Waals surface area contributed by atoms with Gasteiger partial charge in [-0.15, -0.1) is 0 Å². The van der Waals surface area contributed by atoms with E-state index in [0.29, 0.717) is 43.2 Å². The molecule has 1 aliphatic rings. The van der Waals surface area contributed by atoms with Crippen LogP contribution < -0.4 is 4.74 Å². The molecule has 1 fully saturated rings. The molecular formula is C26H20BrClN2O4S. The number of halogens is 2. The molecule has 0 spiro atoms. The molecule has 0 unspecified atom stereocenters. The van der Waals surface area contributed by atoms with Crippen LogP contribution >= 0.6 is 39.3 Å². The van der Waals surface area contributed by atoms with Crippen molar-refractivity contribution in [1.29, 1.82) is 0 Å². The number of thioether (sulfide) groups is 1. The Morgan fingerprint density at radius 3 is 2.63 bits per heavy atom. The molecule has 35 heavy (non-hydrogen) atoms. The molecule has 1 N–H and O–H groups in total. The Labute approximate surface area is 220 Å². The molecular weight excluding hydrogens is 552 g/mol. The number of rotatable bonds is 6. The molecule has 1 saturated heterocycles. The molecule has 9 heteroatoms. The van der Waals surface area contributed by atoms with Crippen LogP contribution in [-0.4, -0.2) is 34.1 Å². The lowest BCUT2D eigenvalue weighted by Crippen LogP contribution is -2.23. The van der Waals surface area contributed by atoms with Gasteiger partial charge >= 0.3 is 5.97 Å². The zero-order valence-electron chi connectivity index (χ0n) is 18.8. The van der Waals surface area contributed by atoms with E-state index in [1.165, 1.54) is 22.7 Å². The molecule has 0 radical (unpaired) electrons. The highest BCUT2D eigenvalue weighted by Crippen LogP contribution is 2.38. The number of hydrogen-bond donors (Lipinski definition) is 1. The molecule has 178 valence electrons. The van der Waals surface area contributed by atoms with Crippen LogP contribution in [0, 0.1) is 6.92 Å². The van der Waals surface area contributed by atoms with Crippen LogP contribution in [0.15, 0.2) is 75.0 Å². The lowest BCUT2D eigenvalue weighted by Gasteiger charge is -2.11. The number of hydrogen-bond acceptors (Lipinski definition) is 5. The third-order valence-electron chi connectivity index (χ3n) is 5.30. The molecule has 1 amide bonds. The minimum atomic E-state index is -1.02. The summed E-state index contributed by atoms with van der Waals surface area (Å²) in [6, 6.07) is 18.2. The number of carbonyl (C=O) groups is 2. The van der Waals surface area contributed by atoms with Crippen molar-refractivity contribution < 1.29 is 19.4 Å². The summed E-state index contributed by atoms with van der Waals surface area (Å²) in [5.74, 6) is -0.707. The van der Waals surface area contributed by atoms with Crippen molar-refractivity contribution >= 4 is 68.1 Å². The Kier molecular flexibility index (Phi) is 7.64. The Bertz CT molecular complexity index is 1350. The first kappa shape index (κ1) is 25.0. The van der Waals surface area contributed by atoms with Crippen molar-refractivity contribution in [3.63, 3.8) is 0 Å². The Morgan fingerprint density at radius 2 is 1.94 bits per heavy atom. The fourth-order valence-electron chi connectivity index (χ4n) is 3.41. The van der Waals surface area contributed by atoms with Gasteiger partial charge in [0.05, 0.1) is 25.7 Å². The number of carboxylic acid groups (broad SMARTS) is 1. The number of aliphatic imine (C=N–C) groups is 1. The molecule has 1 heterocycles. The van der Waals surface area contributed by atoms with Gasteiger partial charge in [0.25, 0.3) is 5.91 Å². The van der Waals surface area contributed by atoms with Gasteiger partial charge in [-0.2, -0.15) is 0 Å². The third kappa shape index (κ3) is 5.61. The van der Waals surface area contributed by atoms with Crippen LogP contribution in [0.3, 0.4) is 0 Å². The van der Waals surface area contributed by atoms with E-state index in [1.807, 2.05) is 36.4 Å². The maximum atomic E-state index is 12.9. The fraction of sp³-hybridized carbons (Fsp3) is 0.115. The number of likely N-dealkylation sites (N-methyl/N-ethyl adjacent to an activating group) is 1. The quantitative estimate of drug-likeness (QED) is 0.325. The summed E-state index contributed by atoms with van der Waals surface area (Å²) in [6.45, 7) is 2.07. The topological polar surface area (TPSA) is 79.2 Å². The standard InChI is InChI=1S/C26H20BrClN2O4S/c1-15-18(25(32)33)9-6-10-21(15)29-26-30(2)24(31)22(35-26)13-17-11-19(27)23(20(28)12-17)34-14-16-7-4-3-5-8-16/h3-13H,14H2,1-2H3,(H,32,33)/b22-13-,29-26?. The van der Waals surface area contributed by atoms with Crippen molar-refractivity contribution in [2.75, 3.05) is 7.05 Å². The zero-order chi connectivity index (χ0) is 25.1. The number of amidine groups is 1. The summed E-state index contributed by atoms with van der Waals surface area (Å²) >= 11 is 11.2. The third-order valence-corrected chi connectivity index (χ3v) is 7.23. The summed E-state index contributed by atoms with van der Waals surface area (Å²) in [4.78, 5) is 30.7. The Hall–Kier alpha value is -3.07. The maximum absolute atomic E-state index is 12.9. The van der Waals surface area contributed by atoms with Crippen molar-refractivity contribution in [2.24, 2.45) is 4.99 Å². The first-order valence-electron chi connectivity index (χ1n) is 10.5. The number of carbonyl (C=O) groups excluding carboxylic acids is 1. The van der Waals surface area contributed by atoms with E-state index in [-0.39, 0.29) is 11.5 Å². The highest BCUT2D eigenvalue weighted by Gasteiger charge is 2.30. The van der Waals surface area contributed by atoms with Crippen molar-refractivity contribution in [3.05, 3.63) is 97.3 Å². The summed E-state index contributed by atoms with van der Waals surface area (Å²) < 4.78 is 6.57. The van der Waals surface area contributed by atoms with Gasteiger partial charge in [-0.05, 0) is 81.6 Å². The van der Waals surface area contributed by atoms with E-state index in [0.717, 1.165) is 11.1 Å². The number of aromatic carboxylic acids is 1. The molecule has 0 saturated carbocycles. The molecule has 0 atom stereocenters. The van der Waals surface area contributed by atoms with Gasteiger partial charge < -0.3 is 9.84 Å². The summed E-state index contributed by atoms with van der Waals surface area (Å²) in [7, 11) is 1.63. The molecule has 6 nitrogen and oxygen atoms in total. The SMILES string of the molecule is Cc1c(N=C2S/C(=C\c3cc(Cl)c(OCc4ccccc4)c(Br)c3)C(=O)N2C)cccc1C(=O)O. The van der Waals surface area contributed by atoms with Crippen molar-refractivity contribution in [1.82, 2.24) is 4.90 Å². The normalized spacial score (nSPS) is 15.8.